The van der Waals surface area contributed by atoms with Crippen LogP contribution in [0.4, 0.5) is 0 Å². The first-order chi connectivity index (χ1) is 23.3. The quantitative estimate of drug-likeness (QED) is 0.163. The molecule has 0 spiro atoms. The van der Waals surface area contributed by atoms with Crippen LogP contribution in [0.25, 0.3) is 11.0 Å². The first kappa shape index (κ1) is 33.4. The fourth-order valence-corrected chi connectivity index (χ4v) is 6.08. The highest BCUT2D eigenvalue weighted by Crippen LogP contribution is 2.42. The Labute approximate surface area is 281 Å². The van der Waals surface area contributed by atoms with Crippen molar-refractivity contribution in [2.75, 3.05) is 13.6 Å². The lowest BCUT2D eigenvalue weighted by molar-refractivity contribution is -0.276. The van der Waals surface area contributed by atoms with Gasteiger partial charge in [-0.2, -0.15) is 0 Å². The van der Waals surface area contributed by atoms with E-state index in [9.17, 15) is 15.0 Å². The fourth-order valence-electron chi connectivity index (χ4n) is 6.08. The smallest absolute Gasteiger partial charge is 0.271 e. The third-order valence-corrected chi connectivity index (χ3v) is 9.27. The molecule has 1 aliphatic heterocycles. The predicted octanol–water partition coefficient (Wildman–Crippen LogP) is 5.90. The molecule has 0 saturated carbocycles. The molecule has 1 saturated heterocycles. The molecule has 4 aromatic carbocycles. The summed E-state index contributed by atoms with van der Waals surface area (Å²) in [7, 11) is 2.01. The first-order valence-electron chi connectivity index (χ1n) is 16.3. The number of nitrogens with one attached hydrogen (secondary N) is 1. The minimum Gasteiger partial charge on any atom is -0.392 e. The van der Waals surface area contributed by atoms with Crippen LogP contribution < -0.4 is 5.32 Å². The SMILES string of the molecule is C[C@H]1[C@@H](CN(C)[C@H](C)[C@@H](O)c2ccccc2)O[C@@H](c2ccc(CNC(=O)c3cnc4ccccc4n3)cc2)O[C@H]1c1ccc(CO)cc1. The maximum atomic E-state index is 12.8. The van der Waals surface area contributed by atoms with E-state index < -0.39 is 12.4 Å². The van der Waals surface area contributed by atoms with E-state index in [-0.39, 0.29) is 42.4 Å². The average molecular weight is 647 g/mol. The van der Waals surface area contributed by atoms with Crippen LogP contribution in [0.5, 0.6) is 0 Å². The van der Waals surface area contributed by atoms with E-state index in [2.05, 4.69) is 27.1 Å². The second kappa shape index (κ2) is 15.1. The van der Waals surface area contributed by atoms with Gasteiger partial charge in [-0.15, -0.1) is 0 Å². The van der Waals surface area contributed by atoms with Crippen LogP contribution in [0.2, 0.25) is 0 Å². The lowest BCUT2D eigenvalue weighted by atomic mass is 9.89. The summed E-state index contributed by atoms with van der Waals surface area (Å²) in [6.07, 6.45) is -0.252. The van der Waals surface area contributed by atoms with Gasteiger partial charge in [-0.25, -0.2) is 4.98 Å². The summed E-state index contributed by atoms with van der Waals surface area (Å²) in [5, 5.41) is 23.6. The molecule has 6 atom stereocenters. The third kappa shape index (κ3) is 7.62. The van der Waals surface area contributed by atoms with Crippen molar-refractivity contribution < 1.29 is 24.5 Å². The number of carbonyl (C=O) groups excluding carboxylic acids is 1. The number of carbonyl (C=O) groups is 1. The zero-order valence-corrected chi connectivity index (χ0v) is 27.4. The van der Waals surface area contributed by atoms with E-state index in [1.54, 1.807) is 0 Å². The molecule has 5 aromatic rings. The molecule has 0 aliphatic carbocycles. The van der Waals surface area contributed by atoms with E-state index in [1.165, 1.54) is 6.20 Å². The van der Waals surface area contributed by atoms with Crippen LogP contribution in [-0.4, -0.2) is 56.7 Å². The molecule has 6 rings (SSSR count). The number of hydrogen-bond donors (Lipinski definition) is 3. The Balaban J connectivity index is 1.16. The Bertz CT molecular complexity index is 1800. The van der Waals surface area contributed by atoms with Gasteiger partial charge in [0.15, 0.2) is 6.29 Å². The maximum Gasteiger partial charge on any atom is 0.271 e. The second-order valence-corrected chi connectivity index (χ2v) is 12.5. The standard InChI is InChI=1S/C39H42N4O5/c1-25-35(23-43(3)26(2)36(45)29-9-5-4-6-10-29)47-39(48-37(25)30-17-15-28(24-44)16-18-30)31-19-13-27(14-20-31)21-41-38(46)34-22-40-32-11-7-8-12-33(32)42-34/h4-20,22,25-26,35-37,39,44-45H,21,23-24H2,1-3H3,(H,41,46)/t25-,26+,35+,36+,37+,39+/m0/s1. The monoisotopic (exact) mass is 646 g/mol. The van der Waals surface area contributed by atoms with E-state index in [1.807, 2.05) is 117 Å². The number of aliphatic hydroxyl groups excluding tert-OH is 2. The lowest BCUT2D eigenvalue weighted by Gasteiger charge is -2.43. The zero-order chi connectivity index (χ0) is 33.6. The van der Waals surface area contributed by atoms with Crippen molar-refractivity contribution in [2.24, 2.45) is 5.92 Å². The van der Waals surface area contributed by atoms with Crippen molar-refractivity contribution in [1.29, 1.82) is 0 Å². The van der Waals surface area contributed by atoms with E-state index >= 15 is 0 Å². The summed E-state index contributed by atoms with van der Waals surface area (Å²) in [6.45, 7) is 5.03. The molecule has 3 N–H and O–H groups in total. The van der Waals surface area contributed by atoms with Crippen molar-refractivity contribution in [3.05, 3.63) is 143 Å². The fraction of sp³-hybridized carbons (Fsp3) is 0.308. The Morgan fingerprint density at radius 1 is 0.875 bits per heavy atom. The summed E-state index contributed by atoms with van der Waals surface area (Å²) in [6, 6.07) is 32.7. The van der Waals surface area contributed by atoms with E-state index in [0.29, 0.717) is 18.6 Å². The summed E-state index contributed by atoms with van der Waals surface area (Å²) in [4.78, 5) is 23.7. The summed E-state index contributed by atoms with van der Waals surface area (Å²) in [5.41, 5.74) is 6.18. The molecule has 9 heteroatoms. The van der Waals surface area contributed by atoms with E-state index in [4.69, 9.17) is 9.47 Å². The topological polar surface area (TPSA) is 117 Å². The van der Waals surface area contributed by atoms with Gasteiger partial charge in [0.1, 0.15) is 5.69 Å². The number of ether oxygens (including phenoxy) is 2. The lowest BCUT2D eigenvalue weighted by Crippen LogP contribution is -2.46. The van der Waals surface area contributed by atoms with Crippen molar-refractivity contribution in [3.63, 3.8) is 0 Å². The normalized spacial score (nSPS) is 20.8. The van der Waals surface area contributed by atoms with Crippen LogP contribution in [0.3, 0.4) is 0 Å². The highest BCUT2D eigenvalue weighted by Gasteiger charge is 2.39. The maximum absolute atomic E-state index is 12.8. The third-order valence-electron chi connectivity index (χ3n) is 9.27. The molecule has 2 heterocycles. The van der Waals surface area contributed by atoms with Gasteiger partial charge in [0.2, 0.25) is 0 Å². The molecule has 1 aliphatic rings. The minimum atomic E-state index is -0.648. The summed E-state index contributed by atoms with van der Waals surface area (Å²) in [5.74, 6) is -0.295. The molecule has 0 unspecified atom stereocenters. The number of rotatable bonds is 11. The highest BCUT2D eigenvalue weighted by molar-refractivity contribution is 5.93. The molecule has 248 valence electrons. The van der Waals surface area contributed by atoms with Crippen LogP contribution in [0.1, 0.15) is 70.7 Å². The number of aromatic nitrogens is 2. The number of aliphatic hydroxyl groups is 2. The minimum absolute atomic E-state index is 0.00237. The number of benzene rings is 4. The summed E-state index contributed by atoms with van der Waals surface area (Å²) >= 11 is 0. The van der Waals surface area contributed by atoms with Gasteiger partial charge in [-0.1, -0.05) is 97.9 Å². The summed E-state index contributed by atoms with van der Waals surface area (Å²) < 4.78 is 13.3. The van der Waals surface area contributed by atoms with Gasteiger partial charge in [-0.3, -0.25) is 14.7 Å². The molecule has 1 fully saturated rings. The Hall–Kier alpha value is -4.51. The Morgan fingerprint density at radius 2 is 1.52 bits per heavy atom. The number of para-hydroxylation sites is 2. The van der Waals surface area contributed by atoms with Crippen molar-refractivity contribution in [1.82, 2.24) is 20.2 Å². The number of hydrogen-bond acceptors (Lipinski definition) is 8. The predicted molar refractivity (Wildman–Crippen MR) is 184 cm³/mol. The van der Waals surface area contributed by atoms with Gasteiger partial charge < -0.3 is 25.0 Å². The van der Waals surface area contributed by atoms with Crippen LogP contribution >= 0.6 is 0 Å². The molecule has 0 radical (unpaired) electrons. The molecular weight excluding hydrogens is 604 g/mol. The van der Waals surface area contributed by atoms with Gasteiger partial charge in [0, 0.05) is 30.6 Å². The van der Waals surface area contributed by atoms with Crippen molar-refractivity contribution in [3.8, 4) is 0 Å². The Morgan fingerprint density at radius 3 is 2.23 bits per heavy atom. The van der Waals surface area contributed by atoms with Gasteiger partial charge in [0.25, 0.3) is 5.91 Å². The molecule has 1 aromatic heterocycles. The number of nitrogens with zero attached hydrogens (tertiary/aromatic N) is 3. The molecule has 0 bridgehead atoms. The molecule has 1 amide bonds. The highest BCUT2D eigenvalue weighted by atomic mass is 16.7. The van der Waals surface area contributed by atoms with Gasteiger partial charge in [-0.05, 0) is 48.4 Å². The van der Waals surface area contributed by atoms with Gasteiger partial charge >= 0.3 is 0 Å². The van der Waals surface area contributed by atoms with Crippen LogP contribution in [-0.2, 0) is 22.6 Å². The van der Waals surface area contributed by atoms with Crippen molar-refractivity contribution in [2.45, 2.75) is 57.6 Å². The molecular formula is C39H42N4O5. The number of likely N-dealkylation sites (N-methyl/N-ethyl adjacent to an activating group) is 1. The zero-order valence-electron chi connectivity index (χ0n) is 27.4. The number of fused-ring (bicyclic) bond motifs is 1. The first-order valence-corrected chi connectivity index (χ1v) is 16.3. The Kier molecular flexibility index (Phi) is 10.5. The van der Waals surface area contributed by atoms with Gasteiger partial charge in [0.05, 0.1) is 42.1 Å². The molecule has 9 nitrogen and oxygen atoms in total. The molecule has 48 heavy (non-hydrogen) atoms. The largest absolute Gasteiger partial charge is 0.392 e. The van der Waals surface area contributed by atoms with E-state index in [0.717, 1.165) is 33.3 Å². The average Bonchev–Trinajstić information content (AvgIpc) is 3.14. The number of amides is 1. The van der Waals surface area contributed by atoms with Crippen LogP contribution in [0.15, 0.2) is 109 Å². The second-order valence-electron chi connectivity index (χ2n) is 12.5. The van der Waals surface area contributed by atoms with Crippen molar-refractivity contribution >= 4 is 16.9 Å². The van der Waals surface area contributed by atoms with Crippen LogP contribution in [0, 0.1) is 5.92 Å².